The summed E-state index contributed by atoms with van der Waals surface area (Å²) in [5.41, 5.74) is 0. The number of rotatable bonds is 5. The Hall–Kier alpha value is -0.0800. The highest BCUT2D eigenvalue weighted by Gasteiger charge is 2.20. The van der Waals surface area contributed by atoms with Gasteiger partial charge in [-0.1, -0.05) is 6.42 Å². The van der Waals surface area contributed by atoms with Gasteiger partial charge in [-0.15, -0.1) is 24.0 Å². The fourth-order valence-electron chi connectivity index (χ4n) is 3.51. The Morgan fingerprint density at radius 2 is 1.91 bits per heavy atom. The van der Waals surface area contributed by atoms with Gasteiger partial charge in [-0.2, -0.15) is 0 Å². The van der Waals surface area contributed by atoms with E-state index in [0.29, 0.717) is 12.1 Å². The van der Waals surface area contributed by atoms with Crippen LogP contribution in [0, 0.1) is 0 Å². The molecule has 1 atom stereocenters. The topological polar surface area (TPSA) is 59.9 Å². The Morgan fingerprint density at radius 3 is 2.57 bits per heavy atom. The van der Waals surface area contributed by atoms with E-state index in [0.717, 1.165) is 51.3 Å². The third kappa shape index (κ3) is 7.56. The number of hydrogen-bond donors (Lipinski definition) is 3. The van der Waals surface area contributed by atoms with Crippen molar-refractivity contribution in [2.45, 2.75) is 77.0 Å². The minimum Gasteiger partial charge on any atom is -0.393 e. The Bertz CT molecular complexity index is 345. The van der Waals surface area contributed by atoms with E-state index < -0.39 is 0 Å². The first-order chi connectivity index (χ1) is 10.7. The largest absolute Gasteiger partial charge is 0.393 e. The van der Waals surface area contributed by atoms with Crippen LogP contribution in [-0.2, 0) is 0 Å². The van der Waals surface area contributed by atoms with Gasteiger partial charge in [0.1, 0.15) is 0 Å². The predicted molar refractivity (Wildman–Crippen MR) is 108 cm³/mol. The Balaban J connectivity index is 0.00000264. The zero-order chi connectivity index (χ0) is 15.8. The third-order valence-electron chi connectivity index (χ3n) is 4.98. The number of aliphatic imine (C=N–C) groups is 1. The number of piperidine rings is 1. The molecule has 0 aromatic heterocycles. The number of nitrogens with zero attached hydrogens (tertiary/aromatic N) is 2. The van der Waals surface area contributed by atoms with Crippen LogP contribution >= 0.6 is 24.0 Å². The molecule has 1 saturated heterocycles. The van der Waals surface area contributed by atoms with Crippen LogP contribution in [0.1, 0.15) is 58.8 Å². The molecule has 2 aliphatic rings. The highest BCUT2D eigenvalue weighted by atomic mass is 127. The lowest BCUT2D eigenvalue weighted by molar-refractivity contribution is 0.120. The summed E-state index contributed by atoms with van der Waals surface area (Å²) < 4.78 is 0. The number of nitrogens with one attached hydrogen (secondary N) is 2. The number of hydrogen-bond acceptors (Lipinski definition) is 3. The molecule has 136 valence electrons. The van der Waals surface area contributed by atoms with Crippen molar-refractivity contribution in [1.82, 2.24) is 15.5 Å². The summed E-state index contributed by atoms with van der Waals surface area (Å²) in [6.45, 7) is 8.47. The highest BCUT2D eigenvalue weighted by molar-refractivity contribution is 14.0. The van der Waals surface area contributed by atoms with Crippen molar-refractivity contribution < 1.29 is 5.11 Å². The van der Waals surface area contributed by atoms with Gasteiger partial charge in [0.2, 0.25) is 0 Å². The van der Waals surface area contributed by atoms with Gasteiger partial charge in [-0.3, -0.25) is 9.89 Å². The molecule has 0 radical (unpaired) electrons. The van der Waals surface area contributed by atoms with E-state index in [4.69, 9.17) is 4.99 Å². The van der Waals surface area contributed by atoms with Crippen molar-refractivity contribution in [1.29, 1.82) is 0 Å². The van der Waals surface area contributed by atoms with Crippen molar-refractivity contribution >= 4 is 29.9 Å². The van der Waals surface area contributed by atoms with Gasteiger partial charge in [-0.25, -0.2) is 0 Å². The lowest BCUT2D eigenvalue weighted by Gasteiger charge is -2.33. The zero-order valence-corrected chi connectivity index (χ0v) is 17.1. The van der Waals surface area contributed by atoms with Crippen LogP contribution in [0.2, 0.25) is 0 Å². The van der Waals surface area contributed by atoms with E-state index in [-0.39, 0.29) is 30.1 Å². The summed E-state index contributed by atoms with van der Waals surface area (Å²) in [6, 6.07) is 1.16. The molecule has 0 spiro atoms. The minimum absolute atomic E-state index is 0. The Labute approximate surface area is 158 Å². The second-order valence-electron chi connectivity index (χ2n) is 6.79. The minimum atomic E-state index is -0.0989. The van der Waals surface area contributed by atoms with E-state index in [2.05, 4.69) is 29.4 Å². The molecule has 5 nitrogen and oxygen atoms in total. The molecular formula is C17H35IN4O. The van der Waals surface area contributed by atoms with Crippen LogP contribution < -0.4 is 10.6 Å². The summed E-state index contributed by atoms with van der Waals surface area (Å²) in [4.78, 5) is 7.31. The molecule has 1 unspecified atom stereocenters. The second kappa shape index (κ2) is 11.5. The van der Waals surface area contributed by atoms with Crippen LogP contribution in [0.3, 0.4) is 0 Å². The monoisotopic (exact) mass is 438 g/mol. The SMILES string of the molecule is CCNC(=NCCN1CCCCC1C)NC1CCC(O)CC1.I. The summed E-state index contributed by atoms with van der Waals surface area (Å²) in [7, 11) is 0. The lowest BCUT2D eigenvalue weighted by Crippen LogP contribution is -2.46. The van der Waals surface area contributed by atoms with Gasteiger partial charge in [-0.05, 0) is 58.9 Å². The molecule has 23 heavy (non-hydrogen) atoms. The van der Waals surface area contributed by atoms with Crippen LogP contribution in [0.4, 0.5) is 0 Å². The second-order valence-corrected chi connectivity index (χ2v) is 6.79. The van der Waals surface area contributed by atoms with E-state index in [1.807, 2.05) is 0 Å². The molecule has 0 bridgehead atoms. The number of aliphatic hydroxyl groups excluding tert-OH is 1. The molecular weight excluding hydrogens is 403 g/mol. The normalized spacial score (nSPS) is 29.7. The smallest absolute Gasteiger partial charge is 0.191 e. The molecule has 1 saturated carbocycles. The first-order valence-corrected chi connectivity index (χ1v) is 9.16. The van der Waals surface area contributed by atoms with E-state index in [9.17, 15) is 5.11 Å². The molecule has 1 heterocycles. The van der Waals surface area contributed by atoms with E-state index in [1.54, 1.807) is 0 Å². The summed E-state index contributed by atoms with van der Waals surface area (Å²) in [5, 5.41) is 16.5. The van der Waals surface area contributed by atoms with E-state index >= 15 is 0 Å². The molecule has 1 aliphatic heterocycles. The molecule has 2 rings (SSSR count). The maximum Gasteiger partial charge on any atom is 0.191 e. The van der Waals surface area contributed by atoms with Gasteiger partial charge >= 0.3 is 0 Å². The third-order valence-corrected chi connectivity index (χ3v) is 4.98. The first-order valence-electron chi connectivity index (χ1n) is 9.16. The zero-order valence-electron chi connectivity index (χ0n) is 14.8. The fourth-order valence-corrected chi connectivity index (χ4v) is 3.51. The lowest BCUT2D eigenvalue weighted by atomic mass is 9.93. The van der Waals surface area contributed by atoms with Crippen molar-refractivity contribution in [3.8, 4) is 0 Å². The number of likely N-dealkylation sites (tertiary alicyclic amines) is 1. The van der Waals surface area contributed by atoms with Gasteiger partial charge in [0.25, 0.3) is 0 Å². The van der Waals surface area contributed by atoms with Crippen LogP contribution in [0.5, 0.6) is 0 Å². The van der Waals surface area contributed by atoms with Crippen LogP contribution in [0.25, 0.3) is 0 Å². The average Bonchev–Trinajstić information content (AvgIpc) is 2.51. The van der Waals surface area contributed by atoms with E-state index in [1.165, 1.54) is 25.8 Å². The fraction of sp³-hybridized carbons (Fsp3) is 0.941. The van der Waals surface area contributed by atoms with Gasteiger partial charge in [0.05, 0.1) is 12.6 Å². The maximum atomic E-state index is 9.60. The molecule has 0 aromatic carbocycles. The van der Waals surface area contributed by atoms with Crippen molar-refractivity contribution in [3.63, 3.8) is 0 Å². The highest BCUT2D eigenvalue weighted by Crippen LogP contribution is 2.18. The van der Waals surface area contributed by atoms with Gasteiger partial charge < -0.3 is 15.7 Å². The molecule has 0 aromatic rings. The van der Waals surface area contributed by atoms with Crippen molar-refractivity contribution in [2.75, 3.05) is 26.2 Å². The maximum absolute atomic E-state index is 9.60. The number of aliphatic hydroxyl groups is 1. The van der Waals surface area contributed by atoms with Gasteiger partial charge in [0.15, 0.2) is 5.96 Å². The number of halogens is 1. The summed E-state index contributed by atoms with van der Waals surface area (Å²) in [6.07, 6.45) is 7.81. The standard InChI is InChI=1S/C17H34N4O.HI/c1-3-18-17(20-15-7-9-16(22)10-8-15)19-11-13-21-12-5-4-6-14(21)2;/h14-16,22H,3-13H2,1-2H3,(H2,18,19,20);1H. The predicted octanol–water partition coefficient (Wildman–Crippen LogP) is 2.34. The molecule has 2 fully saturated rings. The van der Waals surface area contributed by atoms with Crippen LogP contribution in [0.15, 0.2) is 4.99 Å². The molecule has 3 N–H and O–H groups in total. The number of guanidine groups is 1. The average molecular weight is 438 g/mol. The van der Waals surface area contributed by atoms with Crippen molar-refractivity contribution in [2.24, 2.45) is 4.99 Å². The molecule has 6 heteroatoms. The van der Waals surface area contributed by atoms with Crippen LogP contribution in [-0.4, -0.2) is 60.3 Å². The Kier molecular flexibility index (Phi) is 10.5. The van der Waals surface area contributed by atoms with Gasteiger partial charge in [0, 0.05) is 25.2 Å². The van der Waals surface area contributed by atoms with Crippen molar-refractivity contribution in [3.05, 3.63) is 0 Å². The summed E-state index contributed by atoms with van der Waals surface area (Å²) in [5.74, 6) is 0.938. The first kappa shape index (κ1) is 21.0. The molecule has 1 aliphatic carbocycles. The Morgan fingerprint density at radius 1 is 1.17 bits per heavy atom. The quantitative estimate of drug-likeness (QED) is 0.351. The molecule has 0 amide bonds. The summed E-state index contributed by atoms with van der Waals surface area (Å²) >= 11 is 0.